The molecule has 0 bridgehead atoms. The van der Waals surface area contributed by atoms with Crippen molar-refractivity contribution in [2.45, 2.75) is 32.3 Å². The van der Waals surface area contributed by atoms with Crippen molar-refractivity contribution in [3.05, 3.63) is 29.8 Å². The summed E-state index contributed by atoms with van der Waals surface area (Å²) in [4.78, 5) is 0. The summed E-state index contributed by atoms with van der Waals surface area (Å²) in [7, 11) is 0. The zero-order chi connectivity index (χ0) is 11.8. The predicted octanol–water partition coefficient (Wildman–Crippen LogP) is 3.23. The molecule has 0 heterocycles. The number of aliphatic hydroxyl groups excluding tert-OH is 1. The Hall–Kier alpha value is -0.670. The maximum atomic E-state index is 9.93. The molecule has 0 saturated carbocycles. The first-order chi connectivity index (χ1) is 7.74. The van der Waals surface area contributed by atoms with Crippen molar-refractivity contribution in [3.8, 4) is 0 Å². The van der Waals surface area contributed by atoms with Gasteiger partial charge in [0.1, 0.15) is 0 Å². The number of nitrogens with two attached hydrogens (primary N) is 1. The second-order valence-electron chi connectivity index (χ2n) is 3.97. The third kappa shape index (κ3) is 4.90. The van der Waals surface area contributed by atoms with Crippen LogP contribution in [0, 0.1) is 0 Å². The molecule has 1 rings (SSSR count). The van der Waals surface area contributed by atoms with E-state index >= 15 is 0 Å². The molecular formula is C13H21NOS. The molecule has 0 aliphatic heterocycles. The monoisotopic (exact) mass is 239 g/mol. The van der Waals surface area contributed by atoms with Gasteiger partial charge in [0.2, 0.25) is 0 Å². The fraction of sp³-hybridized carbons (Fsp3) is 0.538. The summed E-state index contributed by atoms with van der Waals surface area (Å²) in [6, 6.07) is 7.49. The van der Waals surface area contributed by atoms with Crippen LogP contribution in [0.3, 0.4) is 0 Å². The van der Waals surface area contributed by atoms with Gasteiger partial charge in [0.05, 0.1) is 6.10 Å². The summed E-state index contributed by atoms with van der Waals surface area (Å²) in [5, 5.41) is 9.93. The highest BCUT2D eigenvalue weighted by molar-refractivity contribution is 7.99. The zero-order valence-electron chi connectivity index (χ0n) is 9.86. The van der Waals surface area contributed by atoms with Gasteiger partial charge in [-0.25, -0.2) is 0 Å². The molecule has 1 unspecified atom stereocenters. The van der Waals surface area contributed by atoms with Crippen molar-refractivity contribution >= 4 is 17.4 Å². The van der Waals surface area contributed by atoms with E-state index in [2.05, 4.69) is 6.92 Å². The molecule has 0 saturated heterocycles. The predicted molar refractivity (Wildman–Crippen MR) is 72.7 cm³/mol. The molecule has 0 aliphatic carbocycles. The van der Waals surface area contributed by atoms with Crippen LogP contribution in [0.1, 0.15) is 37.9 Å². The van der Waals surface area contributed by atoms with Crippen molar-refractivity contribution in [2.75, 3.05) is 17.2 Å². The van der Waals surface area contributed by atoms with Gasteiger partial charge >= 0.3 is 0 Å². The van der Waals surface area contributed by atoms with Crippen LogP contribution < -0.4 is 5.73 Å². The van der Waals surface area contributed by atoms with Gasteiger partial charge in [0.25, 0.3) is 0 Å². The van der Waals surface area contributed by atoms with E-state index in [1.54, 1.807) is 0 Å². The fourth-order valence-electron chi connectivity index (χ4n) is 1.51. The summed E-state index contributed by atoms with van der Waals surface area (Å²) >= 11 is 1.81. The van der Waals surface area contributed by atoms with Gasteiger partial charge in [0, 0.05) is 11.4 Å². The van der Waals surface area contributed by atoms with Crippen LogP contribution >= 0.6 is 11.8 Å². The molecule has 1 aromatic carbocycles. The highest BCUT2D eigenvalue weighted by atomic mass is 32.2. The largest absolute Gasteiger partial charge is 0.399 e. The first-order valence-corrected chi connectivity index (χ1v) is 7.00. The molecule has 3 heteroatoms. The van der Waals surface area contributed by atoms with E-state index in [0.717, 1.165) is 17.1 Å². The van der Waals surface area contributed by atoms with Crippen LogP contribution in [-0.4, -0.2) is 16.6 Å². The number of rotatable bonds is 7. The van der Waals surface area contributed by atoms with Gasteiger partial charge in [-0.05, 0) is 29.9 Å². The lowest BCUT2D eigenvalue weighted by Crippen LogP contribution is -2.02. The minimum atomic E-state index is -0.393. The lowest BCUT2D eigenvalue weighted by Gasteiger charge is -2.11. The second kappa shape index (κ2) is 7.58. The first-order valence-electron chi connectivity index (χ1n) is 5.85. The molecule has 0 aliphatic rings. The Morgan fingerprint density at radius 2 is 2.19 bits per heavy atom. The van der Waals surface area contributed by atoms with Crippen molar-refractivity contribution in [1.29, 1.82) is 0 Å². The zero-order valence-corrected chi connectivity index (χ0v) is 10.7. The Bertz CT molecular complexity index is 304. The summed E-state index contributed by atoms with van der Waals surface area (Å²) in [6.07, 6.45) is 3.37. The molecule has 0 fully saturated rings. The number of anilines is 1. The summed E-state index contributed by atoms with van der Waals surface area (Å²) in [5.74, 6) is 1.89. The van der Waals surface area contributed by atoms with Crippen molar-refractivity contribution in [3.63, 3.8) is 0 Å². The summed E-state index contributed by atoms with van der Waals surface area (Å²) < 4.78 is 0. The lowest BCUT2D eigenvalue weighted by atomic mass is 10.1. The average molecular weight is 239 g/mol. The molecular weight excluding hydrogens is 218 g/mol. The number of unbranched alkanes of at least 4 members (excludes halogenated alkanes) is 2. The number of thioether (sulfide) groups is 1. The van der Waals surface area contributed by atoms with Crippen molar-refractivity contribution in [2.24, 2.45) is 0 Å². The summed E-state index contributed by atoms with van der Waals surface area (Å²) in [6.45, 7) is 2.20. The van der Waals surface area contributed by atoms with Crippen LogP contribution in [0.5, 0.6) is 0 Å². The third-order valence-electron chi connectivity index (χ3n) is 2.46. The van der Waals surface area contributed by atoms with Gasteiger partial charge in [0.15, 0.2) is 0 Å². The fourth-order valence-corrected chi connectivity index (χ4v) is 2.50. The van der Waals surface area contributed by atoms with Gasteiger partial charge in [-0.15, -0.1) is 0 Å². The minimum absolute atomic E-state index is 0.393. The topological polar surface area (TPSA) is 46.2 Å². The Morgan fingerprint density at radius 1 is 1.38 bits per heavy atom. The van der Waals surface area contributed by atoms with Crippen LogP contribution in [0.15, 0.2) is 24.3 Å². The van der Waals surface area contributed by atoms with Crippen LogP contribution in [0.2, 0.25) is 0 Å². The average Bonchev–Trinajstić information content (AvgIpc) is 2.28. The highest BCUT2D eigenvalue weighted by Gasteiger charge is 2.07. The molecule has 16 heavy (non-hydrogen) atoms. The minimum Gasteiger partial charge on any atom is -0.399 e. The molecule has 1 aromatic rings. The van der Waals surface area contributed by atoms with E-state index in [9.17, 15) is 5.11 Å². The molecule has 0 aromatic heterocycles. The molecule has 90 valence electrons. The Balaban J connectivity index is 2.27. The lowest BCUT2D eigenvalue weighted by molar-refractivity contribution is 0.204. The molecule has 0 amide bonds. The summed E-state index contributed by atoms with van der Waals surface area (Å²) in [5.41, 5.74) is 7.31. The van der Waals surface area contributed by atoms with Crippen molar-refractivity contribution < 1.29 is 5.11 Å². The highest BCUT2D eigenvalue weighted by Crippen LogP contribution is 2.20. The number of aliphatic hydroxyl groups is 1. The van der Waals surface area contributed by atoms with Gasteiger partial charge < -0.3 is 10.8 Å². The number of nitrogen functional groups attached to an aromatic ring is 1. The smallest absolute Gasteiger partial charge is 0.0881 e. The van der Waals surface area contributed by atoms with Crippen LogP contribution in [-0.2, 0) is 0 Å². The standard InChI is InChI=1S/C13H21NOS/c1-2-3-4-8-16-10-13(15)11-6-5-7-12(14)9-11/h5-7,9,13,15H,2-4,8,10,14H2,1H3. The van der Waals surface area contributed by atoms with Gasteiger partial charge in [-0.2, -0.15) is 11.8 Å². The van der Waals surface area contributed by atoms with Crippen LogP contribution in [0.4, 0.5) is 5.69 Å². The van der Waals surface area contributed by atoms with E-state index in [0.29, 0.717) is 5.69 Å². The maximum Gasteiger partial charge on any atom is 0.0881 e. The maximum absolute atomic E-state index is 9.93. The van der Waals surface area contributed by atoms with Gasteiger partial charge in [-0.1, -0.05) is 31.9 Å². The Morgan fingerprint density at radius 3 is 2.88 bits per heavy atom. The van der Waals surface area contributed by atoms with Crippen molar-refractivity contribution in [1.82, 2.24) is 0 Å². The molecule has 3 N–H and O–H groups in total. The molecule has 2 nitrogen and oxygen atoms in total. The van der Waals surface area contributed by atoms with E-state index in [1.807, 2.05) is 36.0 Å². The molecule has 0 spiro atoms. The van der Waals surface area contributed by atoms with Gasteiger partial charge in [-0.3, -0.25) is 0 Å². The Labute approximate surface area is 102 Å². The quantitative estimate of drug-likeness (QED) is 0.567. The second-order valence-corrected chi connectivity index (χ2v) is 5.12. The number of hydrogen-bond acceptors (Lipinski definition) is 3. The number of hydrogen-bond donors (Lipinski definition) is 2. The first kappa shape index (κ1) is 13.4. The molecule has 1 atom stereocenters. The van der Waals surface area contributed by atoms with E-state index in [4.69, 9.17) is 5.73 Å². The SMILES string of the molecule is CCCCCSCC(O)c1cccc(N)c1. The van der Waals surface area contributed by atoms with E-state index < -0.39 is 6.10 Å². The third-order valence-corrected chi connectivity index (χ3v) is 3.59. The molecule has 0 radical (unpaired) electrons. The van der Waals surface area contributed by atoms with E-state index in [-0.39, 0.29) is 0 Å². The van der Waals surface area contributed by atoms with E-state index in [1.165, 1.54) is 19.3 Å². The van der Waals surface area contributed by atoms with Crippen LogP contribution in [0.25, 0.3) is 0 Å². The normalized spacial score (nSPS) is 12.6. The number of benzene rings is 1. The Kier molecular flexibility index (Phi) is 6.34.